The summed E-state index contributed by atoms with van der Waals surface area (Å²) in [6, 6.07) is 10.4. The molecule has 0 amide bonds. The average molecular weight is 325 g/mol. The van der Waals surface area contributed by atoms with Crippen molar-refractivity contribution in [3.63, 3.8) is 0 Å². The molecule has 2 rings (SSSR count). The molecule has 0 nitrogen and oxygen atoms in total. The van der Waals surface area contributed by atoms with E-state index in [4.69, 9.17) is 0 Å². The Hall–Kier alpha value is -1.22. The molecule has 0 aliphatic heterocycles. The highest BCUT2D eigenvalue weighted by atomic mass is 79.9. The Morgan fingerprint density at radius 1 is 0.842 bits per heavy atom. The lowest BCUT2D eigenvalue weighted by Crippen LogP contribution is -2.10. The van der Waals surface area contributed by atoms with Crippen LogP contribution in [0.4, 0.5) is 8.78 Å². The van der Waals surface area contributed by atoms with Gasteiger partial charge in [-0.2, -0.15) is 0 Å². The summed E-state index contributed by atoms with van der Waals surface area (Å²) in [7, 11) is 0. The van der Waals surface area contributed by atoms with Gasteiger partial charge in [-0.25, -0.2) is 8.78 Å². The number of hydrogen-bond donors (Lipinski definition) is 0. The Morgan fingerprint density at radius 2 is 1.32 bits per heavy atom. The zero-order valence-corrected chi connectivity index (χ0v) is 12.7. The van der Waals surface area contributed by atoms with Crippen LogP contribution in [0.2, 0.25) is 0 Å². The van der Waals surface area contributed by atoms with E-state index >= 15 is 0 Å². The second kappa shape index (κ2) is 5.04. The minimum atomic E-state index is -0.588. The Morgan fingerprint density at radius 3 is 1.74 bits per heavy atom. The van der Waals surface area contributed by atoms with Crippen LogP contribution in [0, 0.1) is 11.6 Å². The molecule has 0 aromatic heterocycles. The predicted octanol–water partition coefficient (Wildman–Crippen LogP) is 5.69. The van der Waals surface area contributed by atoms with Crippen molar-refractivity contribution in [1.29, 1.82) is 0 Å². The molecule has 0 spiro atoms. The molecular formula is C16H15BrF2. The molecule has 2 aromatic carbocycles. The summed E-state index contributed by atoms with van der Waals surface area (Å²) in [4.78, 5) is 0. The molecule has 0 atom stereocenters. The van der Waals surface area contributed by atoms with Crippen LogP contribution in [-0.2, 0) is 5.41 Å². The molecule has 19 heavy (non-hydrogen) atoms. The third-order valence-electron chi connectivity index (χ3n) is 3.07. The van der Waals surface area contributed by atoms with Crippen molar-refractivity contribution in [2.75, 3.05) is 0 Å². The molecule has 0 N–H and O–H groups in total. The molecule has 0 bridgehead atoms. The highest BCUT2D eigenvalue weighted by Crippen LogP contribution is 2.29. The fraction of sp³-hybridized carbons (Fsp3) is 0.250. The van der Waals surface area contributed by atoms with Crippen molar-refractivity contribution < 1.29 is 8.78 Å². The molecule has 3 heteroatoms. The predicted molar refractivity (Wildman–Crippen MR) is 78.2 cm³/mol. The normalized spacial score (nSPS) is 11.7. The minimum absolute atomic E-state index is 0.0642. The summed E-state index contributed by atoms with van der Waals surface area (Å²) >= 11 is 2.87. The first-order valence-corrected chi connectivity index (χ1v) is 6.84. The number of benzene rings is 2. The van der Waals surface area contributed by atoms with Gasteiger partial charge in [0.05, 0.1) is 4.47 Å². The average Bonchev–Trinajstić information content (AvgIpc) is 2.34. The van der Waals surface area contributed by atoms with Crippen molar-refractivity contribution >= 4 is 15.9 Å². The maximum atomic E-state index is 13.5. The first-order valence-electron chi connectivity index (χ1n) is 6.04. The van der Waals surface area contributed by atoms with Gasteiger partial charge in [-0.1, -0.05) is 45.0 Å². The Labute approximate surface area is 120 Å². The maximum Gasteiger partial charge on any atom is 0.140 e. The van der Waals surface area contributed by atoms with E-state index in [0.717, 1.165) is 5.56 Å². The van der Waals surface area contributed by atoms with Gasteiger partial charge >= 0.3 is 0 Å². The highest BCUT2D eigenvalue weighted by molar-refractivity contribution is 9.10. The van der Waals surface area contributed by atoms with Crippen molar-refractivity contribution in [1.82, 2.24) is 0 Å². The Balaban J connectivity index is 2.43. The number of halogens is 3. The highest BCUT2D eigenvalue weighted by Gasteiger charge is 2.14. The monoisotopic (exact) mass is 324 g/mol. The first kappa shape index (κ1) is 14.2. The quantitative estimate of drug-likeness (QED) is 0.591. The van der Waals surface area contributed by atoms with Crippen molar-refractivity contribution in [2.45, 2.75) is 26.2 Å². The second-order valence-electron chi connectivity index (χ2n) is 5.58. The van der Waals surface area contributed by atoms with Gasteiger partial charge in [0.2, 0.25) is 0 Å². The van der Waals surface area contributed by atoms with E-state index in [1.807, 2.05) is 24.3 Å². The fourth-order valence-electron chi connectivity index (χ4n) is 1.88. The van der Waals surface area contributed by atoms with Gasteiger partial charge in [0, 0.05) is 0 Å². The van der Waals surface area contributed by atoms with Gasteiger partial charge in [0.15, 0.2) is 0 Å². The lowest BCUT2D eigenvalue weighted by Gasteiger charge is -2.19. The molecular weight excluding hydrogens is 310 g/mol. The first-order chi connectivity index (χ1) is 8.79. The summed E-state index contributed by atoms with van der Waals surface area (Å²) in [5, 5.41) is 0. The summed E-state index contributed by atoms with van der Waals surface area (Å²) in [5.74, 6) is -1.18. The molecule has 0 aliphatic rings. The van der Waals surface area contributed by atoms with Gasteiger partial charge in [-0.05, 0) is 50.2 Å². The van der Waals surface area contributed by atoms with Crippen LogP contribution in [0.3, 0.4) is 0 Å². The third-order valence-corrected chi connectivity index (χ3v) is 3.83. The molecule has 0 saturated carbocycles. The smallest absolute Gasteiger partial charge is 0.140 e. The molecule has 0 aliphatic carbocycles. The fourth-order valence-corrected chi connectivity index (χ4v) is 2.11. The van der Waals surface area contributed by atoms with Crippen LogP contribution in [0.5, 0.6) is 0 Å². The van der Waals surface area contributed by atoms with Crippen LogP contribution in [0.1, 0.15) is 26.3 Å². The van der Waals surface area contributed by atoms with Crippen LogP contribution in [0.15, 0.2) is 40.9 Å². The van der Waals surface area contributed by atoms with Crippen molar-refractivity contribution in [3.05, 3.63) is 58.1 Å². The topological polar surface area (TPSA) is 0 Å². The SMILES string of the molecule is CC(C)(C)c1ccc(-c2cc(F)c(Br)c(F)c2)cc1. The largest absolute Gasteiger partial charge is 0.206 e. The number of hydrogen-bond acceptors (Lipinski definition) is 0. The molecule has 0 heterocycles. The molecule has 2 aromatic rings. The van der Waals surface area contributed by atoms with Crippen molar-refractivity contribution in [3.8, 4) is 11.1 Å². The number of rotatable bonds is 1. The zero-order valence-electron chi connectivity index (χ0n) is 11.1. The van der Waals surface area contributed by atoms with E-state index in [1.54, 1.807) is 0 Å². The Kier molecular flexibility index (Phi) is 3.77. The van der Waals surface area contributed by atoms with E-state index < -0.39 is 11.6 Å². The molecule has 0 unspecified atom stereocenters. The second-order valence-corrected chi connectivity index (χ2v) is 6.37. The van der Waals surface area contributed by atoms with E-state index in [-0.39, 0.29) is 9.89 Å². The molecule has 100 valence electrons. The minimum Gasteiger partial charge on any atom is -0.206 e. The summed E-state index contributed by atoms with van der Waals surface area (Å²) in [6.07, 6.45) is 0. The van der Waals surface area contributed by atoms with Crippen LogP contribution in [-0.4, -0.2) is 0 Å². The third kappa shape index (κ3) is 3.03. The lowest BCUT2D eigenvalue weighted by molar-refractivity contribution is 0.572. The van der Waals surface area contributed by atoms with Gasteiger partial charge in [-0.3, -0.25) is 0 Å². The summed E-state index contributed by atoms with van der Waals surface area (Å²) in [5.41, 5.74) is 2.60. The van der Waals surface area contributed by atoms with Crippen LogP contribution < -0.4 is 0 Å². The molecule has 0 fully saturated rings. The Bertz CT molecular complexity index is 572. The van der Waals surface area contributed by atoms with E-state index in [9.17, 15) is 8.78 Å². The standard InChI is InChI=1S/C16H15BrF2/c1-16(2,3)12-6-4-10(5-7-12)11-8-13(18)15(17)14(19)9-11/h4-9H,1-3H3. The van der Waals surface area contributed by atoms with Crippen LogP contribution >= 0.6 is 15.9 Å². The van der Waals surface area contributed by atoms with E-state index in [2.05, 4.69) is 36.7 Å². The maximum absolute atomic E-state index is 13.5. The van der Waals surface area contributed by atoms with Gasteiger partial charge in [-0.15, -0.1) is 0 Å². The molecule has 0 saturated heterocycles. The van der Waals surface area contributed by atoms with Gasteiger partial charge in [0.25, 0.3) is 0 Å². The lowest BCUT2D eigenvalue weighted by atomic mass is 9.86. The van der Waals surface area contributed by atoms with Gasteiger partial charge in [0.1, 0.15) is 11.6 Å². The summed E-state index contributed by atoms with van der Waals surface area (Å²) < 4.78 is 26.9. The van der Waals surface area contributed by atoms with Crippen molar-refractivity contribution in [2.24, 2.45) is 0 Å². The van der Waals surface area contributed by atoms with E-state index in [1.165, 1.54) is 17.7 Å². The van der Waals surface area contributed by atoms with Gasteiger partial charge < -0.3 is 0 Å². The van der Waals surface area contributed by atoms with Crippen LogP contribution in [0.25, 0.3) is 11.1 Å². The summed E-state index contributed by atoms with van der Waals surface area (Å²) in [6.45, 7) is 6.38. The zero-order chi connectivity index (χ0) is 14.2. The van der Waals surface area contributed by atoms with E-state index in [0.29, 0.717) is 5.56 Å². The molecule has 0 radical (unpaired) electrons.